The van der Waals surface area contributed by atoms with Crippen LogP contribution in [-0.4, -0.2) is 53.2 Å². The van der Waals surface area contributed by atoms with Crippen molar-refractivity contribution in [2.75, 3.05) is 26.8 Å². The van der Waals surface area contributed by atoms with Gasteiger partial charge in [0.1, 0.15) is 11.9 Å². The molecule has 6 nitrogen and oxygen atoms in total. The van der Waals surface area contributed by atoms with Crippen LogP contribution in [0.25, 0.3) is 0 Å². The Morgan fingerprint density at radius 3 is 3.00 bits per heavy atom. The number of carbonyl (C=O) groups is 1. The van der Waals surface area contributed by atoms with Crippen molar-refractivity contribution in [3.63, 3.8) is 0 Å². The molecule has 2 N–H and O–H groups in total. The SMILES string of the molecule is COCC(N)C(=O)N1CCCC(Cc2nccn2C)C1.Cl. The first kappa shape index (κ1) is 17.9. The van der Waals surface area contributed by atoms with Gasteiger partial charge in [-0.1, -0.05) is 0 Å². The number of methoxy groups -OCH3 is 1. The Hall–Kier alpha value is -1.11. The summed E-state index contributed by atoms with van der Waals surface area (Å²) >= 11 is 0. The van der Waals surface area contributed by atoms with E-state index in [-0.39, 0.29) is 24.9 Å². The third-order valence-electron chi connectivity index (χ3n) is 3.89. The highest BCUT2D eigenvalue weighted by Crippen LogP contribution is 2.20. The average molecular weight is 317 g/mol. The van der Waals surface area contributed by atoms with Crippen LogP contribution in [0, 0.1) is 5.92 Å². The average Bonchev–Trinajstić information content (AvgIpc) is 2.84. The fourth-order valence-electron chi connectivity index (χ4n) is 2.77. The predicted molar refractivity (Wildman–Crippen MR) is 83.3 cm³/mol. The van der Waals surface area contributed by atoms with Crippen LogP contribution in [0.4, 0.5) is 0 Å². The molecule has 2 unspecified atom stereocenters. The fraction of sp³-hybridized carbons (Fsp3) is 0.714. The molecule has 1 aromatic rings. The van der Waals surface area contributed by atoms with Gasteiger partial charge in [0.2, 0.25) is 5.91 Å². The Kier molecular flexibility index (Phi) is 7.14. The van der Waals surface area contributed by atoms with Crippen molar-refractivity contribution >= 4 is 18.3 Å². The Bertz CT molecular complexity index is 452. The number of halogens is 1. The molecule has 1 aliphatic heterocycles. The number of nitrogens with zero attached hydrogens (tertiary/aromatic N) is 3. The summed E-state index contributed by atoms with van der Waals surface area (Å²) in [7, 11) is 3.57. The van der Waals surface area contributed by atoms with E-state index < -0.39 is 6.04 Å². The molecule has 120 valence electrons. The number of amides is 1. The van der Waals surface area contributed by atoms with E-state index in [0.29, 0.717) is 5.92 Å². The van der Waals surface area contributed by atoms with Crippen molar-refractivity contribution in [1.29, 1.82) is 0 Å². The molecule has 2 atom stereocenters. The largest absolute Gasteiger partial charge is 0.383 e. The van der Waals surface area contributed by atoms with Crippen LogP contribution in [-0.2, 0) is 23.0 Å². The minimum atomic E-state index is -0.549. The van der Waals surface area contributed by atoms with Crippen molar-refractivity contribution < 1.29 is 9.53 Å². The van der Waals surface area contributed by atoms with Crippen molar-refractivity contribution in [1.82, 2.24) is 14.5 Å². The zero-order valence-corrected chi connectivity index (χ0v) is 13.5. The van der Waals surface area contributed by atoms with E-state index in [1.807, 2.05) is 28.9 Å². The lowest BCUT2D eigenvalue weighted by Gasteiger charge is -2.34. The monoisotopic (exact) mass is 316 g/mol. The molecule has 0 aliphatic carbocycles. The van der Waals surface area contributed by atoms with E-state index in [2.05, 4.69) is 4.98 Å². The van der Waals surface area contributed by atoms with Gasteiger partial charge in [0.15, 0.2) is 0 Å². The van der Waals surface area contributed by atoms with Crippen LogP contribution in [0.1, 0.15) is 18.7 Å². The normalized spacial score (nSPS) is 20.0. The van der Waals surface area contributed by atoms with Gasteiger partial charge in [0, 0.05) is 46.1 Å². The number of hydrogen-bond acceptors (Lipinski definition) is 4. The van der Waals surface area contributed by atoms with E-state index in [1.54, 1.807) is 7.11 Å². The molecule has 1 amide bonds. The van der Waals surface area contributed by atoms with Crippen molar-refractivity contribution in [3.8, 4) is 0 Å². The van der Waals surface area contributed by atoms with Crippen LogP contribution in [0.5, 0.6) is 0 Å². The fourth-order valence-corrected chi connectivity index (χ4v) is 2.77. The molecule has 21 heavy (non-hydrogen) atoms. The molecule has 0 radical (unpaired) electrons. The molecular formula is C14H25ClN4O2. The number of ether oxygens (including phenoxy) is 1. The van der Waals surface area contributed by atoms with Gasteiger partial charge in [0.05, 0.1) is 6.61 Å². The zero-order valence-electron chi connectivity index (χ0n) is 12.7. The number of carbonyl (C=O) groups excluding carboxylic acids is 1. The van der Waals surface area contributed by atoms with Gasteiger partial charge >= 0.3 is 0 Å². The van der Waals surface area contributed by atoms with Crippen LogP contribution in [0.3, 0.4) is 0 Å². The first-order valence-corrected chi connectivity index (χ1v) is 7.11. The van der Waals surface area contributed by atoms with Gasteiger partial charge < -0.3 is 19.9 Å². The molecule has 0 saturated carbocycles. The maximum atomic E-state index is 12.2. The third-order valence-corrected chi connectivity index (χ3v) is 3.89. The first-order valence-electron chi connectivity index (χ1n) is 7.11. The van der Waals surface area contributed by atoms with Gasteiger partial charge in [-0.3, -0.25) is 4.79 Å². The minimum absolute atomic E-state index is 0. The second-order valence-electron chi connectivity index (χ2n) is 5.51. The topological polar surface area (TPSA) is 73.4 Å². The molecule has 0 bridgehead atoms. The second-order valence-corrected chi connectivity index (χ2v) is 5.51. The Labute approximate surface area is 132 Å². The van der Waals surface area contributed by atoms with Crippen molar-refractivity contribution in [3.05, 3.63) is 18.2 Å². The van der Waals surface area contributed by atoms with E-state index in [9.17, 15) is 4.79 Å². The Morgan fingerprint density at radius 2 is 2.38 bits per heavy atom. The molecule has 0 aromatic carbocycles. The number of imidazole rings is 1. The number of piperidine rings is 1. The van der Waals surface area contributed by atoms with E-state index in [4.69, 9.17) is 10.5 Å². The first-order chi connectivity index (χ1) is 9.61. The van der Waals surface area contributed by atoms with Gasteiger partial charge in [-0.05, 0) is 18.8 Å². The van der Waals surface area contributed by atoms with Crippen LogP contribution < -0.4 is 5.73 Å². The summed E-state index contributed by atoms with van der Waals surface area (Å²) in [6.45, 7) is 1.84. The maximum Gasteiger partial charge on any atom is 0.241 e. The number of aromatic nitrogens is 2. The standard InChI is InChI=1S/C14H24N4O2.ClH/c1-17-7-5-16-13(17)8-11-4-3-6-18(9-11)14(19)12(15)10-20-2;/h5,7,11-12H,3-4,6,8-10,15H2,1-2H3;1H. The van der Waals surface area contributed by atoms with Crippen LogP contribution in [0.15, 0.2) is 12.4 Å². The van der Waals surface area contributed by atoms with Gasteiger partial charge in [-0.25, -0.2) is 4.98 Å². The molecular weight excluding hydrogens is 292 g/mol. The lowest BCUT2D eigenvalue weighted by Crippen LogP contribution is -2.50. The number of hydrogen-bond donors (Lipinski definition) is 1. The molecule has 2 rings (SSSR count). The molecule has 1 fully saturated rings. The number of aryl methyl sites for hydroxylation is 1. The summed E-state index contributed by atoms with van der Waals surface area (Å²) in [6.07, 6.45) is 6.84. The van der Waals surface area contributed by atoms with E-state index in [0.717, 1.165) is 38.2 Å². The lowest BCUT2D eigenvalue weighted by molar-refractivity contribution is -0.135. The third kappa shape index (κ3) is 4.69. The highest BCUT2D eigenvalue weighted by Gasteiger charge is 2.27. The zero-order chi connectivity index (χ0) is 14.5. The predicted octanol–water partition coefficient (Wildman–Crippen LogP) is 0.597. The van der Waals surface area contributed by atoms with Crippen molar-refractivity contribution in [2.45, 2.75) is 25.3 Å². The summed E-state index contributed by atoms with van der Waals surface area (Å²) in [6, 6.07) is -0.549. The molecule has 1 aliphatic rings. The lowest BCUT2D eigenvalue weighted by atomic mass is 9.94. The second kappa shape index (κ2) is 8.36. The smallest absolute Gasteiger partial charge is 0.241 e. The van der Waals surface area contributed by atoms with Crippen LogP contribution >= 0.6 is 12.4 Å². The number of nitrogens with two attached hydrogens (primary N) is 1. The van der Waals surface area contributed by atoms with Gasteiger partial charge in [-0.15, -0.1) is 12.4 Å². The van der Waals surface area contributed by atoms with E-state index >= 15 is 0 Å². The summed E-state index contributed by atoms with van der Waals surface area (Å²) in [5.74, 6) is 1.53. The quantitative estimate of drug-likeness (QED) is 0.863. The summed E-state index contributed by atoms with van der Waals surface area (Å²) in [4.78, 5) is 18.4. The van der Waals surface area contributed by atoms with Crippen LogP contribution in [0.2, 0.25) is 0 Å². The number of likely N-dealkylation sites (tertiary alicyclic amines) is 1. The highest BCUT2D eigenvalue weighted by molar-refractivity contribution is 5.85. The highest BCUT2D eigenvalue weighted by atomic mass is 35.5. The molecule has 2 heterocycles. The molecule has 1 saturated heterocycles. The van der Waals surface area contributed by atoms with Crippen molar-refractivity contribution in [2.24, 2.45) is 18.7 Å². The maximum absolute atomic E-state index is 12.2. The molecule has 7 heteroatoms. The van der Waals surface area contributed by atoms with Gasteiger partial charge in [0.25, 0.3) is 0 Å². The summed E-state index contributed by atoms with van der Waals surface area (Å²) in [5.41, 5.74) is 5.83. The minimum Gasteiger partial charge on any atom is -0.383 e. The van der Waals surface area contributed by atoms with Gasteiger partial charge in [-0.2, -0.15) is 0 Å². The summed E-state index contributed by atoms with van der Waals surface area (Å²) in [5, 5.41) is 0. The Morgan fingerprint density at radius 1 is 1.62 bits per heavy atom. The van der Waals surface area contributed by atoms with E-state index in [1.165, 1.54) is 0 Å². The number of rotatable bonds is 5. The summed E-state index contributed by atoms with van der Waals surface area (Å²) < 4.78 is 7.00. The molecule has 0 spiro atoms. The molecule has 1 aromatic heterocycles. The Balaban J connectivity index is 0.00000220.